The van der Waals surface area contributed by atoms with Gasteiger partial charge in [0.1, 0.15) is 4.21 Å². The Hall–Kier alpha value is -0.920. The zero-order valence-electron chi connectivity index (χ0n) is 11.6. The average molecular weight is 304 g/mol. The van der Waals surface area contributed by atoms with Gasteiger partial charge in [0.2, 0.25) is 10.0 Å². The van der Waals surface area contributed by atoms with Crippen molar-refractivity contribution in [2.45, 2.75) is 38.3 Å². The molecule has 0 radical (unpaired) electrons. The van der Waals surface area contributed by atoms with Gasteiger partial charge >= 0.3 is 0 Å². The van der Waals surface area contributed by atoms with Gasteiger partial charge in [0, 0.05) is 11.9 Å². The van der Waals surface area contributed by atoms with E-state index < -0.39 is 10.0 Å². The molecule has 0 unspecified atom stereocenters. The van der Waals surface area contributed by atoms with Crippen molar-refractivity contribution < 1.29 is 13.2 Å². The highest BCUT2D eigenvalue weighted by Gasteiger charge is 2.21. The summed E-state index contributed by atoms with van der Waals surface area (Å²) in [5, 5.41) is 9.40. The maximum atomic E-state index is 12.0. The van der Waals surface area contributed by atoms with E-state index in [9.17, 15) is 13.2 Å². The lowest BCUT2D eigenvalue weighted by molar-refractivity contribution is 0.0949. The Labute approximate surface area is 118 Å². The number of amides is 1. The van der Waals surface area contributed by atoms with Crippen LogP contribution in [0, 0.1) is 12.3 Å². The summed E-state index contributed by atoms with van der Waals surface area (Å²) in [7, 11) is -3.75. The Kier molecular flexibility index (Phi) is 4.76. The largest absolute Gasteiger partial charge is 0.352 e. The second-order valence-corrected chi connectivity index (χ2v) is 8.31. The Morgan fingerprint density at radius 2 is 2.00 bits per heavy atom. The van der Waals surface area contributed by atoms with Crippen LogP contribution < -0.4 is 10.5 Å². The predicted molar refractivity (Wildman–Crippen MR) is 76.8 cm³/mol. The topological polar surface area (TPSA) is 89.3 Å². The number of nitrogens with one attached hydrogen (secondary N) is 1. The molecule has 0 bridgehead atoms. The summed E-state index contributed by atoms with van der Waals surface area (Å²) in [6.07, 6.45) is 0.851. The smallest absolute Gasteiger partial charge is 0.252 e. The Morgan fingerprint density at radius 3 is 2.42 bits per heavy atom. The first kappa shape index (κ1) is 16.1. The molecule has 0 atom stereocenters. The molecule has 0 aliphatic carbocycles. The third-order valence-corrected chi connectivity index (χ3v) is 5.34. The first-order valence-corrected chi connectivity index (χ1v) is 8.34. The van der Waals surface area contributed by atoms with Crippen molar-refractivity contribution in [1.82, 2.24) is 5.32 Å². The summed E-state index contributed by atoms with van der Waals surface area (Å²) < 4.78 is 22.6. The third kappa shape index (κ3) is 4.59. The van der Waals surface area contributed by atoms with E-state index >= 15 is 0 Å². The van der Waals surface area contributed by atoms with Crippen LogP contribution in [-0.2, 0) is 10.0 Å². The molecule has 0 saturated heterocycles. The normalized spacial score (nSPS) is 12.5. The molecule has 108 valence electrons. The second-order valence-electron chi connectivity index (χ2n) is 5.67. The van der Waals surface area contributed by atoms with Crippen molar-refractivity contribution in [3.05, 3.63) is 16.5 Å². The van der Waals surface area contributed by atoms with Gasteiger partial charge in [-0.15, -0.1) is 11.3 Å². The number of hydrogen-bond acceptors (Lipinski definition) is 4. The fourth-order valence-corrected chi connectivity index (χ4v) is 3.56. The van der Waals surface area contributed by atoms with E-state index in [0.717, 1.165) is 17.8 Å². The minimum absolute atomic E-state index is 0.0495. The minimum atomic E-state index is -3.75. The number of primary sulfonamides is 1. The summed E-state index contributed by atoms with van der Waals surface area (Å²) in [6.45, 7) is 8.42. The van der Waals surface area contributed by atoms with Gasteiger partial charge in [-0.3, -0.25) is 4.79 Å². The van der Waals surface area contributed by atoms with E-state index in [2.05, 4.69) is 26.1 Å². The second kappa shape index (κ2) is 5.60. The lowest BCUT2D eigenvalue weighted by Crippen LogP contribution is -2.27. The van der Waals surface area contributed by atoms with Crippen molar-refractivity contribution >= 4 is 27.3 Å². The van der Waals surface area contributed by atoms with Crippen LogP contribution in [0.2, 0.25) is 0 Å². The number of carbonyl (C=O) groups excluding carboxylic acids is 1. The number of rotatable bonds is 4. The van der Waals surface area contributed by atoms with Crippen molar-refractivity contribution in [3.63, 3.8) is 0 Å². The fourth-order valence-electron chi connectivity index (χ4n) is 1.55. The third-order valence-electron chi connectivity index (χ3n) is 2.66. The Bertz CT molecular complexity index is 568. The summed E-state index contributed by atoms with van der Waals surface area (Å²) in [5.41, 5.74) is 0.937. The molecule has 5 nitrogen and oxygen atoms in total. The van der Waals surface area contributed by atoms with Crippen LogP contribution in [0.3, 0.4) is 0 Å². The van der Waals surface area contributed by atoms with Crippen molar-refractivity contribution in [1.29, 1.82) is 0 Å². The SMILES string of the molecule is Cc1c(C(=O)NCCC(C)(C)C)csc1S(N)(=O)=O. The lowest BCUT2D eigenvalue weighted by Gasteiger charge is -2.17. The zero-order chi connectivity index (χ0) is 14.8. The molecule has 0 saturated carbocycles. The van der Waals surface area contributed by atoms with Gasteiger partial charge in [0.25, 0.3) is 5.91 Å². The van der Waals surface area contributed by atoms with Crippen LogP contribution in [0.1, 0.15) is 43.1 Å². The van der Waals surface area contributed by atoms with Crippen molar-refractivity contribution in [2.75, 3.05) is 6.54 Å². The molecule has 1 aromatic rings. The highest BCUT2D eigenvalue weighted by molar-refractivity contribution is 7.91. The Morgan fingerprint density at radius 1 is 1.42 bits per heavy atom. The highest BCUT2D eigenvalue weighted by atomic mass is 32.2. The average Bonchev–Trinajstić information content (AvgIpc) is 2.57. The number of sulfonamides is 1. The highest BCUT2D eigenvalue weighted by Crippen LogP contribution is 2.25. The van der Waals surface area contributed by atoms with Gasteiger partial charge in [-0.25, -0.2) is 13.6 Å². The number of hydrogen-bond donors (Lipinski definition) is 2. The molecule has 1 heterocycles. The van der Waals surface area contributed by atoms with E-state index in [4.69, 9.17) is 5.14 Å². The quantitative estimate of drug-likeness (QED) is 0.890. The maximum absolute atomic E-state index is 12.0. The zero-order valence-corrected chi connectivity index (χ0v) is 13.2. The lowest BCUT2D eigenvalue weighted by atomic mass is 9.92. The fraction of sp³-hybridized carbons (Fsp3) is 0.583. The van der Waals surface area contributed by atoms with Crippen LogP contribution in [0.25, 0.3) is 0 Å². The first-order chi connectivity index (χ1) is 8.52. The maximum Gasteiger partial charge on any atom is 0.252 e. The molecule has 1 aromatic heterocycles. The molecule has 19 heavy (non-hydrogen) atoms. The van der Waals surface area contributed by atoms with Crippen LogP contribution in [0.15, 0.2) is 9.59 Å². The molecule has 1 rings (SSSR count). The molecular weight excluding hydrogens is 284 g/mol. The molecule has 0 aromatic carbocycles. The molecular formula is C12H20N2O3S2. The Balaban J connectivity index is 2.77. The van der Waals surface area contributed by atoms with E-state index in [-0.39, 0.29) is 15.5 Å². The van der Waals surface area contributed by atoms with Crippen LogP contribution in [-0.4, -0.2) is 20.9 Å². The predicted octanol–water partition coefficient (Wildman–Crippen LogP) is 1.87. The molecule has 0 aliphatic heterocycles. The molecule has 0 fully saturated rings. The van der Waals surface area contributed by atoms with Crippen LogP contribution in [0.5, 0.6) is 0 Å². The minimum Gasteiger partial charge on any atom is -0.352 e. The van der Waals surface area contributed by atoms with Crippen LogP contribution >= 0.6 is 11.3 Å². The summed E-state index contributed by atoms with van der Waals surface area (Å²) >= 11 is 0.977. The molecule has 0 spiro atoms. The summed E-state index contributed by atoms with van der Waals surface area (Å²) in [6, 6.07) is 0. The van der Waals surface area contributed by atoms with Gasteiger partial charge in [-0.1, -0.05) is 20.8 Å². The number of nitrogens with two attached hydrogens (primary N) is 1. The number of carbonyl (C=O) groups is 1. The first-order valence-electron chi connectivity index (χ1n) is 5.91. The van der Waals surface area contributed by atoms with Crippen LogP contribution in [0.4, 0.5) is 0 Å². The van der Waals surface area contributed by atoms with Gasteiger partial charge < -0.3 is 5.32 Å². The van der Waals surface area contributed by atoms with Gasteiger partial charge in [0.05, 0.1) is 5.56 Å². The molecule has 3 N–H and O–H groups in total. The molecule has 1 amide bonds. The van der Waals surface area contributed by atoms with Crippen molar-refractivity contribution in [2.24, 2.45) is 10.6 Å². The molecule has 7 heteroatoms. The van der Waals surface area contributed by atoms with E-state index in [1.807, 2.05) is 0 Å². The summed E-state index contributed by atoms with van der Waals surface area (Å²) in [4.78, 5) is 12.0. The monoisotopic (exact) mass is 304 g/mol. The molecule has 0 aliphatic rings. The van der Waals surface area contributed by atoms with E-state index in [1.54, 1.807) is 6.92 Å². The van der Waals surface area contributed by atoms with E-state index in [0.29, 0.717) is 17.7 Å². The van der Waals surface area contributed by atoms with Gasteiger partial charge in [-0.05, 0) is 24.3 Å². The standard InChI is InChI=1S/C12H20N2O3S2/c1-8-9(7-18-11(8)19(13,16)17)10(15)14-6-5-12(2,3)4/h7H,5-6H2,1-4H3,(H,14,15)(H2,13,16,17). The van der Waals surface area contributed by atoms with Crippen molar-refractivity contribution in [3.8, 4) is 0 Å². The van der Waals surface area contributed by atoms with E-state index in [1.165, 1.54) is 5.38 Å². The van der Waals surface area contributed by atoms with Gasteiger partial charge in [0.15, 0.2) is 0 Å². The number of thiophene rings is 1. The summed E-state index contributed by atoms with van der Waals surface area (Å²) in [5.74, 6) is -0.257. The van der Waals surface area contributed by atoms with Gasteiger partial charge in [-0.2, -0.15) is 0 Å².